The summed E-state index contributed by atoms with van der Waals surface area (Å²) >= 11 is 5.70. The molecule has 0 aliphatic carbocycles. The molecule has 0 radical (unpaired) electrons. The summed E-state index contributed by atoms with van der Waals surface area (Å²) in [5, 5.41) is 26.7. The van der Waals surface area contributed by atoms with E-state index < -0.39 is 0 Å². The van der Waals surface area contributed by atoms with Gasteiger partial charge in [-0.2, -0.15) is 0 Å². The first-order chi connectivity index (χ1) is 12.1. The molecule has 0 spiro atoms. The standard InChI is InChI=1S/C18H13ClN2O4/c19-14-10-9-13(11-16(14)23)24-20-21-25-17-8-4-7-15(22)18(17)12-5-2-1-3-6-12/h1-11,22-23H. The summed E-state index contributed by atoms with van der Waals surface area (Å²) in [6, 6.07) is 18.4. The lowest BCUT2D eigenvalue weighted by Gasteiger charge is -2.08. The monoisotopic (exact) mass is 356 g/mol. The largest absolute Gasteiger partial charge is 0.507 e. The Labute approximate surface area is 148 Å². The molecule has 3 aromatic rings. The van der Waals surface area contributed by atoms with Crippen LogP contribution < -0.4 is 9.68 Å². The second-order valence-corrected chi connectivity index (χ2v) is 5.38. The molecule has 0 amide bonds. The van der Waals surface area contributed by atoms with Gasteiger partial charge in [-0.05, 0) is 29.8 Å². The normalized spacial score (nSPS) is 10.8. The van der Waals surface area contributed by atoms with Gasteiger partial charge in [0, 0.05) is 6.07 Å². The van der Waals surface area contributed by atoms with Crippen molar-refractivity contribution in [1.29, 1.82) is 0 Å². The van der Waals surface area contributed by atoms with Crippen molar-refractivity contribution < 1.29 is 19.9 Å². The van der Waals surface area contributed by atoms with E-state index in [1.165, 1.54) is 18.2 Å². The number of hydrogen-bond donors (Lipinski definition) is 2. The van der Waals surface area contributed by atoms with Gasteiger partial charge < -0.3 is 19.9 Å². The van der Waals surface area contributed by atoms with Crippen molar-refractivity contribution >= 4 is 11.6 Å². The Kier molecular flexibility index (Phi) is 5.01. The molecule has 0 atom stereocenters. The summed E-state index contributed by atoms with van der Waals surface area (Å²) in [4.78, 5) is 10.2. The quantitative estimate of drug-likeness (QED) is 0.488. The average molecular weight is 357 g/mol. The van der Waals surface area contributed by atoms with E-state index >= 15 is 0 Å². The lowest BCUT2D eigenvalue weighted by atomic mass is 10.0. The van der Waals surface area contributed by atoms with Gasteiger partial charge in [0.2, 0.25) is 0 Å². The van der Waals surface area contributed by atoms with E-state index in [-0.39, 0.29) is 22.3 Å². The third kappa shape index (κ3) is 3.99. The molecule has 0 saturated carbocycles. The van der Waals surface area contributed by atoms with Gasteiger partial charge in [0.15, 0.2) is 11.5 Å². The molecule has 0 saturated heterocycles. The summed E-state index contributed by atoms with van der Waals surface area (Å²) in [5.74, 6) is 0.489. The van der Waals surface area contributed by atoms with Crippen LogP contribution in [0.15, 0.2) is 77.3 Å². The van der Waals surface area contributed by atoms with Crippen LogP contribution in [0.5, 0.6) is 23.0 Å². The fraction of sp³-hybridized carbons (Fsp3) is 0. The van der Waals surface area contributed by atoms with Gasteiger partial charge in [-0.3, -0.25) is 0 Å². The van der Waals surface area contributed by atoms with Gasteiger partial charge >= 0.3 is 0 Å². The zero-order valence-electron chi connectivity index (χ0n) is 12.8. The van der Waals surface area contributed by atoms with Gasteiger partial charge in [-0.25, -0.2) is 0 Å². The first-order valence-electron chi connectivity index (χ1n) is 7.25. The summed E-state index contributed by atoms with van der Waals surface area (Å²) < 4.78 is 0. The maximum absolute atomic E-state index is 10.1. The highest BCUT2D eigenvalue weighted by Gasteiger charge is 2.11. The Morgan fingerprint density at radius 2 is 1.52 bits per heavy atom. The molecular formula is C18H13ClN2O4. The van der Waals surface area contributed by atoms with Crippen LogP contribution in [-0.4, -0.2) is 10.2 Å². The van der Waals surface area contributed by atoms with Gasteiger partial charge in [-0.15, -0.1) is 0 Å². The molecule has 0 unspecified atom stereocenters. The predicted molar refractivity (Wildman–Crippen MR) is 92.8 cm³/mol. The molecule has 0 aromatic heterocycles. The van der Waals surface area contributed by atoms with E-state index in [1.807, 2.05) is 30.3 Å². The van der Waals surface area contributed by atoms with Crippen molar-refractivity contribution in [3.8, 4) is 34.1 Å². The van der Waals surface area contributed by atoms with Gasteiger partial charge in [0.1, 0.15) is 11.5 Å². The second kappa shape index (κ2) is 7.55. The van der Waals surface area contributed by atoms with Crippen molar-refractivity contribution in [1.82, 2.24) is 0 Å². The van der Waals surface area contributed by atoms with Crippen molar-refractivity contribution in [3.63, 3.8) is 0 Å². The van der Waals surface area contributed by atoms with Gasteiger partial charge in [0.05, 0.1) is 21.1 Å². The highest BCUT2D eigenvalue weighted by Crippen LogP contribution is 2.37. The van der Waals surface area contributed by atoms with E-state index in [1.54, 1.807) is 18.2 Å². The fourth-order valence-electron chi connectivity index (χ4n) is 2.16. The third-order valence-corrected chi connectivity index (χ3v) is 3.62. The molecule has 25 heavy (non-hydrogen) atoms. The number of rotatable bonds is 5. The summed E-state index contributed by atoms with van der Waals surface area (Å²) in [6.45, 7) is 0. The molecule has 6 nitrogen and oxygen atoms in total. The first-order valence-corrected chi connectivity index (χ1v) is 7.63. The van der Waals surface area contributed by atoms with E-state index in [4.69, 9.17) is 21.3 Å². The first kappa shape index (κ1) is 16.6. The Bertz CT molecular complexity index is 901. The summed E-state index contributed by atoms with van der Waals surface area (Å²) in [7, 11) is 0. The highest BCUT2D eigenvalue weighted by atomic mass is 35.5. The molecule has 3 aromatic carbocycles. The summed E-state index contributed by atoms with van der Waals surface area (Å²) in [5.41, 5.74) is 1.26. The SMILES string of the molecule is Oc1cc(ON=NOc2cccc(O)c2-c2ccccc2)ccc1Cl. The molecule has 3 rings (SSSR count). The zero-order valence-corrected chi connectivity index (χ0v) is 13.6. The van der Waals surface area contributed by atoms with Crippen LogP contribution in [0.3, 0.4) is 0 Å². The lowest BCUT2D eigenvalue weighted by Crippen LogP contribution is -1.89. The second-order valence-electron chi connectivity index (χ2n) is 4.98. The number of phenols is 2. The minimum atomic E-state index is -0.130. The molecule has 2 N–H and O–H groups in total. The zero-order chi connectivity index (χ0) is 17.6. The molecular weight excluding hydrogens is 344 g/mol. The Hall–Kier alpha value is -3.25. The van der Waals surface area contributed by atoms with Crippen LogP contribution in [0, 0.1) is 0 Å². The lowest BCUT2D eigenvalue weighted by molar-refractivity contribution is 0.208. The minimum Gasteiger partial charge on any atom is -0.507 e. The van der Waals surface area contributed by atoms with Crippen LogP contribution in [0.25, 0.3) is 11.1 Å². The topological polar surface area (TPSA) is 83.6 Å². The van der Waals surface area contributed by atoms with Crippen LogP contribution in [-0.2, 0) is 0 Å². The average Bonchev–Trinajstić information content (AvgIpc) is 2.62. The Balaban J connectivity index is 1.75. The van der Waals surface area contributed by atoms with Crippen molar-refractivity contribution in [3.05, 3.63) is 71.8 Å². The number of halogens is 1. The predicted octanol–water partition coefficient (Wildman–Crippen LogP) is 5.16. The van der Waals surface area contributed by atoms with Crippen LogP contribution in [0.4, 0.5) is 0 Å². The van der Waals surface area contributed by atoms with E-state index in [2.05, 4.69) is 10.6 Å². The fourth-order valence-corrected chi connectivity index (χ4v) is 2.28. The number of hydrogen-bond acceptors (Lipinski definition) is 6. The van der Waals surface area contributed by atoms with Crippen LogP contribution in [0.2, 0.25) is 5.02 Å². The highest BCUT2D eigenvalue weighted by molar-refractivity contribution is 6.32. The molecule has 126 valence electrons. The maximum atomic E-state index is 10.1. The summed E-state index contributed by atoms with van der Waals surface area (Å²) in [6.07, 6.45) is 0. The van der Waals surface area contributed by atoms with Crippen molar-refractivity contribution in [2.24, 2.45) is 10.6 Å². The van der Waals surface area contributed by atoms with Gasteiger partial charge in [-0.1, -0.05) is 48.0 Å². The molecule has 0 heterocycles. The Morgan fingerprint density at radius 1 is 0.760 bits per heavy atom. The van der Waals surface area contributed by atoms with E-state index in [0.717, 1.165) is 5.56 Å². The molecule has 0 aliphatic rings. The van der Waals surface area contributed by atoms with Crippen LogP contribution >= 0.6 is 11.6 Å². The number of aromatic hydroxyl groups is 2. The molecule has 0 fully saturated rings. The van der Waals surface area contributed by atoms with E-state index in [9.17, 15) is 10.2 Å². The van der Waals surface area contributed by atoms with Gasteiger partial charge in [0.25, 0.3) is 0 Å². The minimum absolute atomic E-state index is 0.0578. The molecule has 0 bridgehead atoms. The number of benzene rings is 3. The van der Waals surface area contributed by atoms with Crippen LogP contribution in [0.1, 0.15) is 0 Å². The van der Waals surface area contributed by atoms with Crippen molar-refractivity contribution in [2.75, 3.05) is 0 Å². The number of nitrogens with zero attached hydrogens (tertiary/aromatic N) is 2. The third-order valence-electron chi connectivity index (χ3n) is 3.30. The number of phenolic OH excluding ortho intramolecular Hbond substituents is 2. The molecule has 7 heteroatoms. The Morgan fingerprint density at radius 3 is 2.28 bits per heavy atom. The maximum Gasteiger partial charge on any atom is 0.171 e. The van der Waals surface area contributed by atoms with Crippen molar-refractivity contribution in [2.45, 2.75) is 0 Å². The van der Waals surface area contributed by atoms with E-state index in [0.29, 0.717) is 11.3 Å². The molecule has 0 aliphatic heterocycles. The smallest absolute Gasteiger partial charge is 0.171 e.